The van der Waals surface area contributed by atoms with Crippen LogP contribution in [-0.2, 0) is 0 Å². The highest BCUT2D eigenvalue weighted by Crippen LogP contribution is 2.46. The molecule has 1 aliphatic rings. The summed E-state index contributed by atoms with van der Waals surface area (Å²) in [6.45, 7) is 1.31. The number of benzene rings is 2. The number of hydrogen-bond donors (Lipinski definition) is 4. The van der Waals surface area contributed by atoms with Crippen LogP contribution in [0.1, 0.15) is 37.4 Å². The molecule has 0 heterocycles. The summed E-state index contributed by atoms with van der Waals surface area (Å²) in [6.07, 6.45) is 0. The summed E-state index contributed by atoms with van der Waals surface area (Å²) in [6, 6.07) is 3.98. The molecule has 0 saturated heterocycles. The third-order valence-corrected chi connectivity index (χ3v) is 3.63. The standard InChI is InChI=1S/C15H10O6/c1-5-11(17)9-10(15(21)12(5)18)14(20)8-6(13(9)19)3-2-4-7(8)16/h2-4,16-18,21H,1H3. The Kier molecular flexibility index (Phi) is 2.47. The molecule has 106 valence electrons. The highest BCUT2D eigenvalue weighted by molar-refractivity contribution is 6.31. The second kappa shape index (κ2) is 3.99. The Balaban J connectivity index is 2.47. The van der Waals surface area contributed by atoms with Gasteiger partial charge >= 0.3 is 0 Å². The zero-order valence-corrected chi connectivity index (χ0v) is 10.8. The average molecular weight is 286 g/mol. The van der Waals surface area contributed by atoms with Crippen molar-refractivity contribution in [2.75, 3.05) is 0 Å². The molecule has 6 heteroatoms. The number of fused-ring (bicyclic) bond motifs is 2. The summed E-state index contributed by atoms with van der Waals surface area (Å²) in [5.41, 5.74) is -1.29. The van der Waals surface area contributed by atoms with E-state index in [-0.39, 0.29) is 22.3 Å². The third kappa shape index (κ3) is 1.47. The predicted octanol–water partition coefficient (Wildman–Crippen LogP) is 1.59. The molecule has 0 aromatic heterocycles. The normalized spacial score (nSPS) is 13.0. The van der Waals surface area contributed by atoms with E-state index in [0.717, 1.165) is 0 Å². The Morgan fingerprint density at radius 3 is 2.05 bits per heavy atom. The van der Waals surface area contributed by atoms with Gasteiger partial charge in [-0.1, -0.05) is 12.1 Å². The monoisotopic (exact) mass is 286 g/mol. The van der Waals surface area contributed by atoms with Crippen LogP contribution in [0.2, 0.25) is 0 Å². The van der Waals surface area contributed by atoms with Crippen LogP contribution in [0.25, 0.3) is 0 Å². The molecular weight excluding hydrogens is 276 g/mol. The van der Waals surface area contributed by atoms with E-state index in [0.29, 0.717) is 0 Å². The smallest absolute Gasteiger partial charge is 0.202 e. The van der Waals surface area contributed by atoms with Crippen LogP contribution < -0.4 is 0 Å². The first-order valence-corrected chi connectivity index (χ1v) is 6.05. The summed E-state index contributed by atoms with van der Waals surface area (Å²) in [4.78, 5) is 24.8. The maximum atomic E-state index is 12.4. The molecule has 3 rings (SSSR count). The van der Waals surface area contributed by atoms with Gasteiger partial charge in [0, 0.05) is 11.1 Å². The Morgan fingerprint density at radius 2 is 1.38 bits per heavy atom. The van der Waals surface area contributed by atoms with E-state index in [1.54, 1.807) is 0 Å². The topological polar surface area (TPSA) is 115 Å². The fourth-order valence-electron chi connectivity index (χ4n) is 2.50. The number of carbonyl (C=O) groups excluding carboxylic acids is 2. The van der Waals surface area contributed by atoms with Gasteiger partial charge in [-0.05, 0) is 13.0 Å². The van der Waals surface area contributed by atoms with Gasteiger partial charge in [-0.3, -0.25) is 9.59 Å². The number of phenolic OH excluding ortho intramolecular Hbond substituents is 4. The first-order valence-electron chi connectivity index (χ1n) is 6.05. The van der Waals surface area contributed by atoms with Crippen molar-refractivity contribution >= 4 is 11.6 Å². The zero-order valence-electron chi connectivity index (χ0n) is 10.8. The fourth-order valence-corrected chi connectivity index (χ4v) is 2.50. The van der Waals surface area contributed by atoms with Gasteiger partial charge in [0.05, 0.1) is 16.7 Å². The molecular formula is C15H10O6. The molecule has 0 spiro atoms. The van der Waals surface area contributed by atoms with Crippen LogP contribution >= 0.6 is 0 Å². The van der Waals surface area contributed by atoms with Crippen molar-refractivity contribution in [3.05, 3.63) is 46.0 Å². The van der Waals surface area contributed by atoms with Crippen LogP contribution in [0, 0.1) is 6.92 Å². The molecule has 0 saturated carbocycles. The fraction of sp³-hybridized carbons (Fsp3) is 0.0667. The van der Waals surface area contributed by atoms with Gasteiger partial charge in [0.25, 0.3) is 0 Å². The van der Waals surface area contributed by atoms with Crippen molar-refractivity contribution < 1.29 is 30.0 Å². The lowest BCUT2D eigenvalue weighted by Gasteiger charge is -2.21. The quantitative estimate of drug-likeness (QED) is 0.368. The second-order valence-corrected chi connectivity index (χ2v) is 4.78. The molecule has 2 aromatic carbocycles. The molecule has 2 aromatic rings. The highest BCUT2D eigenvalue weighted by Gasteiger charge is 2.38. The second-order valence-electron chi connectivity index (χ2n) is 4.78. The Morgan fingerprint density at radius 1 is 0.762 bits per heavy atom. The Labute approximate surface area is 118 Å². The first-order chi connectivity index (χ1) is 9.86. The number of phenols is 4. The van der Waals surface area contributed by atoms with Crippen LogP contribution in [-0.4, -0.2) is 32.0 Å². The summed E-state index contributed by atoms with van der Waals surface area (Å²) in [5, 5.41) is 39.5. The van der Waals surface area contributed by atoms with E-state index >= 15 is 0 Å². The lowest BCUT2D eigenvalue weighted by atomic mass is 9.81. The maximum absolute atomic E-state index is 12.4. The van der Waals surface area contributed by atoms with E-state index in [1.165, 1.54) is 25.1 Å². The van der Waals surface area contributed by atoms with Gasteiger partial charge < -0.3 is 20.4 Å². The first kappa shape index (κ1) is 13.0. The Bertz CT molecular complexity index is 835. The van der Waals surface area contributed by atoms with E-state index < -0.39 is 40.1 Å². The van der Waals surface area contributed by atoms with Gasteiger partial charge in [-0.2, -0.15) is 0 Å². The van der Waals surface area contributed by atoms with E-state index in [1.807, 2.05) is 0 Å². The van der Waals surface area contributed by atoms with E-state index in [2.05, 4.69) is 0 Å². The number of carbonyl (C=O) groups is 2. The SMILES string of the molecule is Cc1c(O)c(O)c2c(c1O)C(=O)c1cccc(O)c1C2=O. The predicted molar refractivity (Wildman–Crippen MR) is 71.1 cm³/mol. The summed E-state index contributed by atoms with van der Waals surface area (Å²) < 4.78 is 0. The lowest BCUT2D eigenvalue weighted by Crippen LogP contribution is -2.21. The van der Waals surface area contributed by atoms with Gasteiger partial charge in [-0.15, -0.1) is 0 Å². The largest absolute Gasteiger partial charge is 0.507 e. The van der Waals surface area contributed by atoms with Crippen molar-refractivity contribution in [3.8, 4) is 23.0 Å². The summed E-state index contributed by atoms with van der Waals surface area (Å²) in [5.74, 6) is -3.96. The van der Waals surface area contributed by atoms with E-state index in [9.17, 15) is 30.0 Å². The van der Waals surface area contributed by atoms with Crippen molar-refractivity contribution in [2.45, 2.75) is 6.92 Å². The van der Waals surface area contributed by atoms with Crippen LogP contribution in [0.5, 0.6) is 23.0 Å². The zero-order chi connectivity index (χ0) is 15.5. The maximum Gasteiger partial charge on any atom is 0.202 e. The minimum absolute atomic E-state index is 0.0627. The molecule has 4 N–H and O–H groups in total. The number of hydrogen-bond acceptors (Lipinski definition) is 6. The number of aromatic hydroxyl groups is 4. The van der Waals surface area contributed by atoms with Gasteiger partial charge in [0.2, 0.25) is 5.78 Å². The molecule has 0 unspecified atom stereocenters. The van der Waals surface area contributed by atoms with Crippen LogP contribution in [0.3, 0.4) is 0 Å². The number of rotatable bonds is 0. The van der Waals surface area contributed by atoms with Crippen molar-refractivity contribution in [1.29, 1.82) is 0 Å². The molecule has 1 aliphatic carbocycles. The minimum atomic E-state index is -0.833. The van der Waals surface area contributed by atoms with Crippen LogP contribution in [0.4, 0.5) is 0 Å². The third-order valence-electron chi connectivity index (χ3n) is 3.63. The summed E-state index contributed by atoms with van der Waals surface area (Å²) >= 11 is 0. The van der Waals surface area contributed by atoms with Gasteiger partial charge in [-0.25, -0.2) is 0 Å². The summed E-state index contributed by atoms with van der Waals surface area (Å²) in [7, 11) is 0. The highest BCUT2D eigenvalue weighted by atomic mass is 16.3. The van der Waals surface area contributed by atoms with Crippen molar-refractivity contribution in [3.63, 3.8) is 0 Å². The molecule has 0 bridgehead atoms. The molecule has 6 nitrogen and oxygen atoms in total. The molecule has 0 amide bonds. The van der Waals surface area contributed by atoms with Crippen molar-refractivity contribution in [2.24, 2.45) is 0 Å². The number of ketones is 2. The minimum Gasteiger partial charge on any atom is -0.507 e. The van der Waals surface area contributed by atoms with Crippen molar-refractivity contribution in [1.82, 2.24) is 0 Å². The molecule has 0 fully saturated rings. The lowest BCUT2D eigenvalue weighted by molar-refractivity contribution is 0.0971. The molecule has 0 aliphatic heterocycles. The van der Waals surface area contributed by atoms with E-state index in [4.69, 9.17) is 0 Å². The molecule has 0 radical (unpaired) electrons. The van der Waals surface area contributed by atoms with Crippen LogP contribution in [0.15, 0.2) is 18.2 Å². The molecule has 0 atom stereocenters. The van der Waals surface area contributed by atoms with Gasteiger partial charge in [0.15, 0.2) is 17.3 Å². The molecule has 21 heavy (non-hydrogen) atoms. The average Bonchev–Trinajstić information content (AvgIpc) is 2.46. The van der Waals surface area contributed by atoms with Gasteiger partial charge in [0.1, 0.15) is 11.5 Å². The Hall–Kier alpha value is -3.02.